The summed E-state index contributed by atoms with van der Waals surface area (Å²) in [5.41, 5.74) is 6.12. The van der Waals surface area contributed by atoms with E-state index in [1.165, 1.54) is 18.2 Å². The first-order chi connectivity index (χ1) is 8.15. The molecule has 5 heteroatoms. The summed E-state index contributed by atoms with van der Waals surface area (Å²) in [6.45, 7) is 2.19. The van der Waals surface area contributed by atoms with E-state index in [2.05, 4.69) is 10.2 Å². The second-order valence-corrected chi connectivity index (χ2v) is 4.27. The Hall–Kier alpha value is -1.62. The zero-order chi connectivity index (χ0) is 12.3. The molecular formula is C12H16FN3O. The number of nitrogens with zero attached hydrogens (tertiary/aromatic N) is 1. The van der Waals surface area contributed by atoms with Gasteiger partial charge in [-0.15, -0.1) is 0 Å². The fourth-order valence-electron chi connectivity index (χ4n) is 1.97. The van der Waals surface area contributed by atoms with Gasteiger partial charge in [0.15, 0.2) is 0 Å². The molecule has 0 atom stereocenters. The number of anilines is 2. The number of carbonyl (C=O) groups excluding carboxylic acids is 1. The highest BCUT2D eigenvalue weighted by atomic mass is 19.1. The Balaban J connectivity index is 1.95. The summed E-state index contributed by atoms with van der Waals surface area (Å²) in [4.78, 5) is 13.7. The number of carbonyl (C=O) groups is 1. The summed E-state index contributed by atoms with van der Waals surface area (Å²) in [6.07, 6.45) is 2.25. The van der Waals surface area contributed by atoms with Crippen LogP contribution in [0.2, 0.25) is 0 Å². The Morgan fingerprint density at radius 3 is 2.82 bits per heavy atom. The zero-order valence-electron chi connectivity index (χ0n) is 9.58. The van der Waals surface area contributed by atoms with Gasteiger partial charge in [-0.3, -0.25) is 9.69 Å². The van der Waals surface area contributed by atoms with Gasteiger partial charge in [0.05, 0.1) is 12.2 Å². The molecule has 0 aromatic heterocycles. The number of rotatable bonds is 3. The van der Waals surface area contributed by atoms with Crippen molar-refractivity contribution in [3.05, 3.63) is 24.0 Å². The van der Waals surface area contributed by atoms with E-state index in [1.54, 1.807) is 0 Å². The van der Waals surface area contributed by atoms with Crippen LogP contribution in [0.5, 0.6) is 0 Å². The number of nitrogen functional groups attached to an aromatic ring is 1. The molecule has 2 rings (SSSR count). The zero-order valence-corrected chi connectivity index (χ0v) is 9.58. The fourth-order valence-corrected chi connectivity index (χ4v) is 1.97. The highest BCUT2D eigenvalue weighted by Crippen LogP contribution is 2.17. The Kier molecular flexibility index (Phi) is 3.58. The van der Waals surface area contributed by atoms with Crippen molar-refractivity contribution in [3.63, 3.8) is 0 Å². The largest absolute Gasteiger partial charge is 0.399 e. The van der Waals surface area contributed by atoms with Crippen LogP contribution in [0.25, 0.3) is 0 Å². The first-order valence-electron chi connectivity index (χ1n) is 5.72. The molecule has 1 heterocycles. The molecule has 4 nitrogen and oxygen atoms in total. The molecule has 1 saturated heterocycles. The lowest BCUT2D eigenvalue weighted by Crippen LogP contribution is -2.31. The summed E-state index contributed by atoms with van der Waals surface area (Å²) >= 11 is 0. The molecule has 1 aliphatic heterocycles. The summed E-state index contributed by atoms with van der Waals surface area (Å²) in [6, 6.07) is 4.14. The molecule has 0 saturated carbocycles. The molecule has 1 amide bonds. The third-order valence-corrected chi connectivity index (χ3v) is 2.83. The summed E-state index contributed by atoms with van der Waals surface area (Å²) in [5.74, 6) is -0.662. The van der Waals surface area contributed by atoms with Gasteiger partial charge in [-0.2, -0.15) is 0 Å². The van der Waals surface area contributed by atoms with Crippen LogP contribution in [-0.2, 0) is 4.79 Å². The van der Waals surface area contributed by atoms with Gasteiger partial charge in [-0.1, -0.05) is 0 Å². The summed E-state index contributed by atoms with van der Waals surface area (Å²) in [7, 11) is 0. The lowest BCUT2D eigenvalue weighted by Gasteiger charge is -2.14. The monoisotopic (exact) mass is 237 g/mol. The van der Waals surface area contributed by atoms with E-state index in [1.807, 2.05) is 0 Å². The van der Waals surface area contributed by atoms with E-state index in [-0.39, 0.29) is 11.6 Å². The Morgan fingerprint density at radius 1 is 1.41 bits per heavy atom. The first kappa shape index (κ1) is 11.9. The van der Waals surface area contributed by atoms with Crippen LogP contribution in [0.1, 0.15) is 12.8 Å². The van der Waals surface area contributed by atoms with Crippen molar-refractivity contribution in [2.24, 2.45) is 0 Å². The molecule has 1 aromatic carbocycles. The van der Waals surface area contributed by atoms with Gasteiger partial charge in [0.1, 0.15) is 5.82 Å². The minimum Gasteiger partial charge on any atom is -0.399 e. The van der Waals surface area contributed by atoms with E-state index in [0.29, 0.717) is 12.2 Å². The number of nitrogens with two attached hydrogens (primary N) is 1. The molecule has 0 radical (unpaired) electrons. The molecule has 0 spiro atoms. The predicted octanol–water partition coefficient (Wildman–Crippen LogP) is 1.44. The third-order valence-electron chi connectivity index (χ3n) is 2.83. The Labute approximate surface area is 99.6 Å². The minimum absolute atomic E-state index is 0.147. The van der Waals surface area contributed by atoms with E-state index in [9.17, 15) is 9.18 Å². The van der Waals surface area contributed by atoms with Crippen LogP contribution in [0, 0.1) is 5.82 Å². The van der Waals surface area contributed by atoms with Crippen LogP contribution in [-0.4, -0.2) is 30.4 Å². The van der Waals surface area contributed by atoms with Gasteiger partial charge < -0.3 is 11.1 Å². The van der Waals surface area contributed by atoms with Crippen LogP contribution < -0.4 is 11.1 Å². The average Bonchev–Trinajstić information content (AvgIpc) is 2.76. The molecule has 17 heavy (non-hydrogen) atoms. The van der Waals surface area contributed by atoms with Crippen LogP contribution in [0.15, 0.2) is 18.2 Å². The van der Waals surface area contributed by atoms with Crippen molar-refractivity contribution >= 4 is 17.3 Å². The van der Waals surface area contributed by atoms with Gasteiger partial charge >= 0.3 is 0 Å². The number of nitrogens with one attached hydrogen (secondary N) is 1. The van der Waals surface area contributed by atoms with Gasteiger partial charge in [0.2, 0.25) is 5.91 Å². The number of halogens is 1. The van der Waals surface area contributed by atoms with Crippen LogP contribution in [0.4, 0.5) is 15.8 Å². The van der Waals surface area contributed by atoms with Crippen molar-refractivity contribution in [1.29, 1.82) is 0 Å². The Morgan fingerprint density at radius 2 is 2.12 bits per heavy atom. The molecule has 92 valence electrons. The minimum atomic E-state index is -0.464. The number of likely N-dealkylation sites (tertiary alicyclic amines) is 1. The first-order valence-corrected chi connectivity index (χ1v) is 5.72. The van der Waals surface area contributed by atoms with Crippen molar-refractivity contribution < 1.29 is 9.18 Å². The second kappa shape index (κ2) is 5.14. The normalized spacial score (nSPS) is 16.1. The lowest BCUT2D eigenvalue weighted by atomic mass is 10.2. The van der Waals surface area contributed by atoms with Crippen molar-refractivity contribution in [3.8, 4) is 0 Å². The molecule has 0 bridgehead atoms. The highest BCUT2D eigenvalue weighted by molar-refractivity contribution is 5.92. The maximum absolute atomic E-state index is 13.4. The van der Waals surface area contributed by atoms with E-state index in [0.717, 1.165) is 25.9 Å². The SMILES string of the molecule is Nc1ccc(F)c(NC(=O)CN2CCCC2)c1. The number of benzene rings is 1. The maximum atomic E-state index is 13.4. The van der Waals surface area contributed by atoms with Gasteiger partial charge in [-0.25, -0.2) is 4.39 Å². The fraction of sp³-hybridized carbons (Fsp3) is 0.417. The standard InChI is InChI=1S/C12H16FN3O/c13-10-4-3-9(14)7-11(10)15-12(17)8-16-5-1-2-6-16/h3-4,7H,1-2,5-6,8,14H2,(H,15,17). The van der Waals surface area contributed by atoms with Gasteiger partial charge in [0, 0.05) is 5.69 Å². The smallest absolute Gasteiger partial charge is 0.238 e. The summed E-state index contributed by atoms with van der Waals surface area (Å²) in [5, 5.41) is 2.54. The van der Waals surface area contributed by atoms with Gasteiger partial charge in [-0.05, 0) is 44.1 Å². The quantitative estimate of drug-likeness (QED) is 0.782. The summed E-state index contributed by atoms with van der Waals surface area (Å²) < 4.78 is 13.4. The molecule has 3 N–H and O–H groups in total. The molecule has 0 unspecified atom stereocenters. The number of hydrogen-bond donors (Lipinski definition) is 2. The second-order valence-electron chi connectivity index (χ2n) is 4.27. The van der Waals surface area contributed by atoms with E-state index < -0.39 is 5.82 Å². The van der Waals surface area contributed by atoms with Crippen LogP contribution >= 0.6 is 0 Å². The number of amides is 1. The average molecular weight is 237 g/mol. The molecule has 0 aliphatic carbocycles. The van der Waals surface area contributed by atoms with E-state index in [4.69, 9.17) is 5.73 Å². The molecular weight excluding hydrogens is 221 g/mol. The molecule has 1 fully saturated rings. The third kappa shape index (κ3) is 3.17. The van der Waals surface area contributed by atoms with Crippen molar-refractivity contribution in [2.75, 3.05) is 30.7 Å². The molecule has 1 aromatic rings. The van der Waals surface area contributed by atoms with Crippen molar-refractivity contribution in [1.82, 2.24) is 4.90 Å². The Bertz CT molecular complexity index is 416. The molecule has 1 aliphatic rings. The van der Waals surface area contributed by atoms with Crippen LogP contribution in [0.3, 0.4) is 0 Å². The maximum Gasteiger partial charge on any atom is 0.238 e. The number of hydrogen-bond acceptors (Lipinski definition) is 3. The van der Waals surface area contributed by atoms with Gasteiger partial charge in [0.25, 0.3) is 0 Å². The predicted molar refractivity (Wildman–Crippen MR) is 65.1 cm³/mol. The van der Waals surface area contributed by atoms with Crippen molar-refractivity contribution in [2.45, 2.75) is 12.8 Å². The van der Waals surface area contributed by atoms with E-state index >= 15 is 0 Å². The lowest BCUT2D eigenvalue weighted by molar-refractivity contribution is -0.117. The highest BCUT2D eigenvalue weighted by Gasteiger charge is 2.15. The topological polar surface area (TPSA) is 58.4 Å².